The Labute approximate surface area is 196 Å². The first kappa shape index (κ1) is 17.0. The van der Waals surface area contributed by atoms with Crippen LogP contribution in [0.2, 0.25) is 0 Å². The van der Waals surface area contributed by atoms with E-state index in [-0.39, 0.29) is 18.1 Å². The molecule has 34 heavy (non-hydrogen) atoms. The van der Waals surface area contributed by atoms with Gasteiger partial charge in [0.1, 0.15) is 11.2 Å². The monoisotopic (exact) mass is 436 g/mol. The summed E-state index contributed by atoms with van der Waals surface area (Å²) in [6.07, 6.45) is 4.81. The van der Waals surface area contributed by atoms with Crippen molar-refractivity contribution in [1.82, 2.24) is 0 Å². The van der Waals surface area contributed by atoms with E-state index in [4.69, 9.17) is 9.47 Å². The van der Waals surface area contributed by atoms with Gasteiger partial charge < -0.3 is 9.47 Å². The van der Waals surface area contributed by atoms with E-state index in [9.17, 15) is 0 Å². The molecular formula is C32H20O2. The van der Waals surface area contributed by atoms with Gasteiger partial charge in [-0.1, -0.05) is 91.0 Å². The highest BCUT2D eigenvalue weighted by Gasteiger charge is 2.77. The average Bonchev–Trinajstić information content (AvgIpc) is 3.65. The van der Waals surface area contributed by atoms with Crippen molar-refractivity contribution in [3.05, 3.63) is 119 Å². The van der Waals surface area contributed by atoms with E-state index in [2.05, 4.69) is 97.1 Å². The van der Waals surface area contributed by atoms with Gasteiger partial charge in [0, 0.05) is 17.4 Å². The van der Waals surface area contributed by atoms with Crippen molar-refractivity contribution in [2.45, 2.75) is 23.4 Å². The van der Waals surface area contributed by atoms with Crippen LogP contribution in [0.15, 0.2) is 97.1 Å². The van der Waals surface area contributed by atoms with Crippen molar-refractivity contribution in [1.29, 1.82) is 0 Å². The van der Waals surface area contributed by atoms with E-state index >= 15 is 0 Å². The topological polar surface area (TPSA) is 18.5 Å². The van der Waals surface area contributed by atoms with Crippen molar-refractivity contribution in [2.24, 2.45) is 11.8 Å². The van der Waals surface area contributed by atoms with Gasteiger partial charge >= 0.3 is 0 Å². The Morgan fingerprint density at radius 3 is 2.18 bits per heavy atom. The Balaban J connectivity index is 1.49. The molecule has 2 nitrogen and oxygen atoms in total. The maximum absolute atomic E-state index is 7.39. The Kier molecular flexibility index (Phi) is 2.57. The zero-order valence-electron chi connectivity index (χ0n) is 18.4. The number of hydrogen-bond acceptors (Lipinski definition) is 2. The van der Waals surface area contributed by atoms with Crippen LogP contribution in [0.1, 0.15) is 28.4 Å². The Morgan fingerprint density at radius 2 is 1.35 bits per heavy atom. The van der Waals surface area contributed by atoms with Crippen molar-refractivity contribution < 1.29 is 9.47 Å². The molecule has 0 aromatic heterocycles. The molecule has 5 aromatic carbocycles. The van der Waals surface area contributed by atoms with Crippen molar-refractivity contribution >= 4 is 32.3 Å². The minimum Gasteiger partial charge on any atom is -0.358 e. The van der Waals surface area contributed by atoms with Gasteiger partial charge in [-0.05, 0) is 55.1 Å². The Bertz CT molecular complexity index is 1810. The number of fused-ring (bicyclic) bond motifs is 11. The Hall–Kier alpha value is -3.46. The molecule has 2 spiro atoms. The van der Waals surface area contributed by atoms with Crippen molar-refractivity contribution in [2.75, 3.05) is 0 Å². The summed E-state index contributed by atoms with van der Waals surface area (Å²) < 4.78 is 14.4. The van der Waals surface area contributed by atoms with Gasteiger partial charge in [0.05, 0.1) is 12.2 Å². The minimum atomic E-state index is -0.498. The van der Waals surface area contributed by atoms with Crippen LogP contribution in [0.5, 0.6) is 0 Å². The molecule has 4 aliphatic heterocycles. The zero-order chi connectivity index (χ0) is 21.8. The van der Waals surface area contributed by atoms with Crippen LogP contribution in [-0.2, 0) is 20.7 Å². The van der Waals surface area contributed by atoms with Gasteiger partial charge in [0.15, 0.2) is 0 Å². The van der Waals surface area contributed by atoms with E-state index in [0.29, 0.717) is 5.92 Å². The normalized spacial score (nSPS) is 34.9. The third-order valence-electron chi connectivity index (χ3n) is 9.55. The smallest absolute Gasteiger partial charge is 0.127 e. The van der Waals surface area contributed by atoms with Crippen LogP contribution in [-0.4, -0.2) is 6.10 Å². The first-order valence-electron chi connectivity index (χ1n) is 12.3. The highest BCUT2D eigenvalue weighted by molar-refractivity contribution is 6.12. The third-order valence-corrected chi connectivity index (χ3v) is 9.55. The van der Waals surface area contributed by atoms with Crippen LogP contribution in [0, 0.1) is 11.8 Å². The second-order valence-electron chi connectivity index (χ2n) is 10.7. The van der Waals surface area contributed by atoms with Crippen LogP contribution in [0.25, 0.3) is 32.3 Å². The highest BCUT2D eigenvalue weighted by atomic mass is 16.6. The van der Waals surface area contributed by atoms with E-state index in [1.54, 1.807) is 0 Å². The van der Waals surface area contributed by atoms with Gasteiger partial charge in [0.2, 0.25) is 0 Å². The molecule has 2 fully saturated rings. The predicted octanol–water partition coefficient (Wildman–Crippen LogP) is 6.88. The van der Waals surface area contributed by atoms with Gasteiger partial charge in [-0.15, -0.1) is 0 Å². The lowest BCUT2D eigenvalue weighted by Gasteiger charge is -2.48. The SMILES string of the molecule is C1=C[C@]23O[C@@H]1[C@@H]1[C@@H]4O[C@](c5c4c4ccccc4c4ccccc54)(c4cccc5cccc2c45)[C@@H]13. The molecule has 5 aromatic rings. The summed E-state index contributed by atoms with van der Waals surface area (Å²) in [7, 11) is 0. The number of hydrogen-bond donors (Lipinski definition) is 0. The van der Waals surface area contributed by atoms with Crippen molar-refractivity contribution in [3.63, 3.8) is 0 Å². The van der Waals surface area contributed by atoms with Gasteiger partial charge in [-0.25, -0.2) is 0 Å². The summed E-state index contributed by atoms with van der Waals surface area (Å²) >= 11 is 0. The molecule has 0 amide bonds. The summed E-state index contributed by atoms with van der Waals surface area (Å²) in [5.74, 6) is 0.572. The first-order valence-corrected chi connectivity index (χ1v) is 12.3. The predicted molar refractivity (Wildman–Crippen MR) is 133 cm³/mol. The molecule has 4 heterocycles. The first-order chi connectivity index (χ1) is 16.8. The summed E-state index contributed by atoms with van der Waals surface area (Å²) in [5.41, 5.74) is 4.52. The second kappa shape index (κ2) is 5.12. The number of rotatable bonds is 0. The minimum absolute atomic E-state index is 0.0379. The molecule has 4 bridgehead atoms. The van der Waals surface area contributed by atoms with E-state index < -0.39 is 11.2 Å². The van der Waals surface area contributed by atoms with Crippen molar-refractivity contribution in [3.8, 4) is 0 Å². The molecular weight excluding hydrogens is 416 g/mol. The molecule has 6 atom stereocenters. The molecule has 0 saturated carbocycles. The van der Waals surface area contributed by atoms with Crippen LogP contribution < -0.4 is 0 Å². The second-order valence-corrected chi connectivity index (χ2v) is 10.7. The van der Waals surface area contributed by atoms with Crippen LogP contribution in [0.3, 0.4) is 0 Å². The highest BCUT2D eigenvalue weighted by Crippen LogP contribution is 2.77. The molecule has 10 rings (SSSR count). The summed E-state index contributed by atoms with van der Waals surface area (Å²) in [6, 6.07) is 31.3. The molecule has 5 aliphatic rings. The van der Waals surface area contributed by atoms with Crippen LogP contribution in [0.4, 0.5) is 0 Å². The van der Waals surface area contributed by atoms with Gasteiger partial charge in [0.25, 0.3) is 0 Å². The largest absolute Gasteiger partial charge is 0.358 e. The van der Waals surface area contributed by atoms with Gasteiger partial charge in [-0.2, -0.15) is 0 Å². The lowest BCUT2D eigenvalue weighted by atomic mass is 9.53. The van der Waals surface area contributed by atoms with E-state index in [1.807, 2.05) is 0 Å². The molecule has 0 N–H and O–H groups in total. The quantitative estimate of drug-likeness (QED) is 0.194. The molecule has 2 heteroatoms. The molecule has 0 radical (unpaired) electrons. The van der Waals surface area contributed by atoms with Gasteiger partial charge in [-0.3, -0.25) is 0 Å². The Morgan fingerprint density at radius 1 is 0.647 bits per heavy atom. The lowest BCUT2D eigenvalue weighted by Crippen LogP contribution is -2.49. The number of ether oxygens (including phenoxy) is 2. The lowest BCUT2D eigenvalue weighted by molar-refractivity contribution is -0.0917. The van der Waals surface area contributed by atoms with Crippen LogP contribution >= 0.6 is 0 Å². The van der Waals surface area contributed by atoms with E-state index in [0.717, 1.165) is 0 Å². The molecule has 160 valence electrons. The summed E-state index contributed by atoms with van der Waals surface area (Å²) in [4.78, 5) is 0. The maximum atomic E-state index is 7.39. The standard InChI is InChI=1S/C32H20O2/c1-3-11-20-18(9-1)19-10-2-4-12-21(19)28-26(20)29-27-24-15-16-31(33-24)22-13-5-7-17-8-6-14-23(25(17)22)32(28,34-29)30(27)31/h1-16,24,27,29-30H/t24-,27+,29+,30-,31-,32-/m0/s1. The average molecular weight is 437 g/mol. The maximum Gasteiger partial charge on any atom is 0.127 e. The fourth-order valence-electron chi connectivity index (χ4n) is 8.67. The fraction of sp³-hybridized carbons (Fsp3) is 0.188. The molecule has 2 saturated heterocycles. The summed E-state index contributed by atoms with van der Waals surface area (Å²) in [5, 5.41) is 7.90. The summed E-state index contributed by atoms with van der Waals surface area (Å²) in [6.45, 7) is 0. The zero-order valence-corrected chi connectivity index (χ0v) is 18.4. The third kappa shape index (κ3) is 1.49. The molecule has 0 unspecified atom stereocenters. The fourth-order valence-corrected chi connectivity index (χ4v) is 8.67. The number of benzene rings is 5. The molecule has 1 aliphatic carbocycles. The van der Waals surface area contributed by atoms with E-state index in [1.165, 1.54) is 54.6 Å².